The second-order valence-corrected chi connectivity index (χ2v) is 6.68. The van der Waals surface area contributed by atoms with Crippen molar-refractivity contribution in [3.05, 3.63) is 40.3 Å². The van der Waals surface area contributed by atoms with Gasteiger partial charge in [0.05, 0.1) is 19.8 Å². The van der Waals surface area contributed by atoms with Crippen molar-refractivity contribution in [1.29, 1.82) is 0 Å². The molecule has 0 aliphatic rings. The fourth-order valence-corrected chi connectivity index (χ4v) is 2.34. The first-order valence-corrected chi connectivity index (χ1v) is 8.83. The van der Waals surface area contributed by atoms with Crippen LogP contribution in [0.5, 0.6) is 5.75 Å². The van der Waals surface area contributed by atoms with Gasteiger partial charge in [-0.1, -0.05) is 31.1 Å². The number of rotatable bonds is 12. The second kappa shape index (κ2) is 11.8. The molecule has 10 nitrogen and oxygen atoms in total. The summed E-state index contributed by atoms with van der Waals surface area (Å²) in [4.78, 5) is 26.4. The molecule has 0 radical (unpaired) electrons. The van der Waals surface area contributed by atoms with Crippen molar-refractivity contribution in [3.63, 3.8) is 0 Å². The molecule has 0 heterocycles. The van der Waals surface area contributed by atoms with Gasteiger partial charge in [-0.25, -0.2) is 4.79 Å². The Morgan fingerprint density at radius 3 is 2.29 bits per heavy atom. The molecular formula is C18H26N4O6. The molecule has 1 aromatic carbocycles. The van der Waals surface area contributed by atoms with Crippen LogP contribution >= 0.6 is 0 Å². The predicted molar refractivity (Wildman–Crippen MR) is 101 cm³/mol. The van der Waals surface area contributed by atoms with E-state index >= 15 is 0 Å². The Bertz CT molecular complexity index is 684. The van der Waals surface area contributed by atoms with Crippen molar-refractivity contribution >= 4 is 11.9 Å². The van der Waals surface area contributed by atoms with Crippen LogP contribution in [0.3, 0.4) is 0 Å². The van der Waals surface area contributed by atoms with Crippen LogP contribution in [-0.2, 0) is 16.0 Å². The summed E-state index contributed by atoms with van der Waals surface area (Å²) in [6.45, 7) is 3.16. The lowest BCUT2D eigenvalue weighted by Crippen LogP contribution is -2.47. The topological polar surface area (TPSA) is 165 Å². The molecule has 0 bridgehead atoms. The fourth-order valence-electron chi connectivity index (χ4n) is 2.34. The molecule has 0 saturated heterocycles. The standard InChI is InChI=1S/C18H26N4O6/c1-11(2)16(21-22-19)17(25)20-15(18(26)27)7-12-3-5-14(6-4-12)28-10-13(8-23)9-24/h3-6,11,13,15-16,23-24H,7-10H2,1-2H3,(H,20,25)(H,26,27)/t15?,16-/m0/s1. The van der Waals surface area contributed by atoms with Gasteiger partial charge in [0.2, 0.25) is 5.91 Å². The number of ether oxygens (including phenoxy) is 1. The van der Waals surface area contributed by atoms with Crippen molar-refractivity contribution in [2.45, 2.75) is 32.4 Å². The Labute approximate surface area is 162 Å². The maximum Gasteiger partial charge on any atom is 0.326 e. The molecule has 1 rings (SSSR count). The quantitative estimate of drug-likeness (QED) is 0.235. The minimum absolute atomic E-state index is 0.0400. The average molecular weight is 394 g/mol. The van der Waals surface area contributed by atoms with E-state index in [1.54, 1.807) is 38.1 Å². The Morgan fingerprint density at radius 1 is 1.21 bits per heavy atom. The van der Waals surface area contributed by atoms with E-state index in [0.717, 1.165) is 0 Å². The highest BCUT2D eigenvalue weighted by atomic mass is 16.5. The number of carboxylic acids is 1. The van der Waals surface area contributed by atoms with Crippen molar-refractivity contribution in [2.75, 3.05) is 19.8 Å². The van der Waals surface area contributed by atoms with Crippen LogP contribution in [-0.4, -0.2) is 59.1 Å². The summed E-state index contributed by atoms with van der Waals surface area (Å²) in [5, 5.41) is 33.3. The van der Waals surface area contributed by atoms with Gasteiger partial charge in [0.15, 0.2) is 0 Å². The third kappa shape index (κ3) is 7.43. The Hall–Kier alpha value is -2.81. The second-order valence-electron chi connectivity index (χ2n) is 6.68. The highest BCUT2D eigenvalue weighted by Crippen LogP contribution is 2.15. The highest BCUT2D eigenvalue weighted by molar-refractivity contribution is 5.87. The maximum atomic E-state index is 12.2. The largest absolute Gasteiger partial charge is 0.493 e. The summed E-state index contributed by atoms with van der Waals surface area (Å²) in [7, 11) is 0. The first-order chi connectivity index (χ1) is 13.3. The molecule has 1 amide bonds. The number of nitrogens with one attached hydrogen (secondary N) is 1. The minimum atomic E-state index is -1.20. The van der Waals surface area contributed by atoms with E-state index < -0.39 is 24.0 Å². The van der Waals surface area contributed by atoms with Crippen LogP contribution < -0.4 is 10.1 Å². The molecule has 0 aromatic heterocycles. The van der Waals surface area contributed by atoms with E-state index in [2.05, 4.69) is 15.3 Å². The van der Waals surface area contributed by atoms with Crippen LogP contribution in [0, 0.1) is 11.8 Å². The number of carboxylic acid groups (broad SMARTS) is 1. The number of aliphatic carboxylic acids is 1. The number of carbonyl (C=O) groups is 2. The smallest absolute Gasteiger partial charge is 0.326 e. The molecule has 28 heavy (non-hydrogen) atoms. The summed E-state index contributed by atoms with van der Waals surface area (Å²) in [6, 6.07) is 4.43. The molecule has 1 unspecified atom stereocenters. The molecule has 0 aliphatic heterocycles. The number of aliphatic hydroxyl groups excluding tert-OH is 2. The summed E-state index contributed by atoms with van der Waals surface area (Å²) >= 11 is 0. The number of nitrogens with zero attached hydrogens (tertiary/aromatic N) is 3. The fraction of sp³-hybridized carbons (Fsp3) is 0.556. The van der Waals surface area contributed by atoms with E-state index in [1.807, 2.05) is 0 Å². The van der Waals surface area contributed by atoms with Crippen LogP contribution in [0.4, 0.5) is 0 Å². The zero-order chi connectivity index (χ0) is 21.1. The van der Waals surface area contributed by atoms with Gasteiger partial charge in [-0.15, -0.1) is 0 Å². The van der Waals surface area contributed by atoms with Crippen LogP contribution in [0.1, 0.15) is 19.4 Å². The first kappa shape index (κ1) is 23.2. The summed E-state index contributed by atoms with van der Waals surface area (Å²) < 4.78 is 5.45. The first-order valence-electron chi connectivity index (χ1n) is 8.83. The molecule has 154 valence electrons. The third-order valence-corrected chi connectivity index (χ3v) is 4.06. The molecule has 1 aromatic rings. The maximum absolute atomic E-state index is 12.2. The van der Waals surface area contributed by atoms with Gasteiger partial charge in [0.1, 0.15) is 17.8 Å². The van der Waals surface area contributed by atoms with Crippen LogP contribution in [0.2, 0.25) is 0 Å². The summed E-state index contributed by atoms with van der Waals surface area (Å²) in [5.74, 6) is -1.99. The minimum Gasteiger partial charge on any atom is -0.493 e. The van der Waals surface area contributed by atoms with Gasteiger partial charge < -0.3 is 25.4 Å². The normalized spacial score (nSPS) is 12.9. The molecular weight excluding hydrogens is 368 g/mol. The zero-order valence-electron chi connectivity index (χ0n) is 15.9. The van der Waals surface area contributed by atoms with Crippen LogP contribution in [0.15, 0.2) is 29.4 Å². The SMILES string of the molecule is CC(C)[C@H](N=[N+]=[N-])C(=O)NC(Cc1ccc(OCC(CO)CO)cc1)C(=O)O. The molecule has 0 saturated carbocycles. The number of carbonyl (C=O) groups excluding carboxylic acids is 1. The van der Waals surface area contributed by atoms with Gasteiger partial charge in [0, 0.05) is 17.3 Å². The number of hydrogen-bond acceptors (Lipinski definition) is 6. The number of hydrogen-bond donors (Lipinski definition) is 4. The van der Waals surface area contributed by atoms with E-state index in [-0.39, 0.29) is 38.1 Å². The number of amides is 1. The number of azide groups is 1. The van der Waals surface area contributed by atoms with Gasteiger partial charge in [-0.05, 0) is 29.1 Å². The number of benzene rings is 1. The molecule has 0 aliphatic carbocycles. The van der Waals surface area contributed by atoms with Crippen molar-refractivity contribution < 1.29 is 29.6 Å². The van der Waals surface area contributed by atoms with Gasteiger partial charge in [-0.2, -0.15) is 0 Å². The molecule has 0 fully saturated rings. The predicted octanol–water partition coefficient (Wildman–Crippen LogP) is 1.11. The Kier molecular flexibility index (Phi) is 9.80. The van der Waals surface area contributed by atoms with E-state index in [4.69, 9.17) is 20.5 Å². The Balaban J connectivity index is 2.75. The van der Waals surface area contributed by atoms with Crippen molar-refractivity contribution in [2.24, 2.45) is 17.0 Å². The Morgan fingerprint density at radius 2 is 1.82 bits per heavy atom. The van der Waals surface area contributed by atoms with Gasteiger partial charge in [-0.3, -0.25) is 4.79 Å². The van der Waals surface area contributed by atoms with E-state index in [1.165, 1.54) is 0 Å². The van der Waals surface area contributed by atoms with E-state index in [9.17, 15) is 14.7 Å². The third-order valence-electron chi connectivity index (χ3n) is 4.06. The molecule has 2 atom stereocenters. The van der Waals surface area contributed by atoms with Gasteiger partial charge in [0.25, 0.3) is 0 Å². The lowest BCUT2D eigenvalue weighted by atomic mass is 10.0. The van der Waals surface area contributed by atoms with Gasteiger partial charge >= 0.3 is 5.97 Å². The van der Waals surface area contributed by atoms with Crippen LogP contribution in [0.25, 0.3) is 10.4 Å². The molecule has 0 spiro atoms. The highest BCUT2D eigenvalue weighted by Gasteiger charge is 2.26. The molecule has 10 heteroatoms. The molecule has 4 N–H and O–H groups in total. The van der Waals surface area contributed by atoms with E-state index in [0.29, 0.717) is 11.3 Å². The summed E-state index contributed by atoms with van der Waals surface area (Å²) in [6.07, 6.45) is 0.0400. The zero-order valence-corrected chi connectivity index (χ0v) is 15.9. The number of aliphatic hydroxyl groups is 2. The summed E-state index contributed by atoms with van der Waals surface area (Å²) in [5.41, 5.74) is 9.23. The average Bonchev–Trinajstić information content (AvgIpc) is 2.67. The lowest BCUT2D eigenvalue weighted by Gasteiger charge is -2.20. The van der Waals surface area contributed by atoms with Crippen molar-refractivity contribution in [1.82, 2.24) is 5.32 Å². The monoisotopic (exact) mass is 394 g/mol. The lowest BCUT2D eigenvalue weighted by molar-refractivity contribution is -0.142. The van der Waals surface area contributed by atoms with Crippen molar-refractivity contribution in [3.8, 4) is 5.75 Å².